The summed E-state index contributed by atoms with van der Waals surface area (Å²) in [6.45, 7) is 2.07. The molecule has 21 heavy (non-hydrogen) atoms. The quantitative estimate of drug-likeness (QED) is 0.247. The molecule has 0 aromatic rings. The van der Waals surface area contributed by atoms with Crippen LogP contribution in [0.15, 0.2) is 0 Å². The summed E-state index contributed by atoms with van der Waals surface area (Å²) in [6, 6.07) is 0. The first-order valence-electron chi connectivity index (χ1n) is 6.63. The van der Waals surface area contributed by atoms with Gasteiger partial charge in [-0.25, -0.2) is 0 Å². The number of rotatable bonds is 11. The summed E-state index contributed by atoms with van der Waals surface area (Å²) in [5.41, 5.74) is -1.28. The van der Waals surface area contributed by atoms with E-state index >= 15 is 0 Å². The van der Waals surface area contributed by atoms with Crippen molar-refractivity contribution in [3.63, 3.8) is 0 Å². The van der Waals surface area contributed by atoms with E-state index in [4.69, 9.17) is 5.11 Å². The van der Waals surface area contributed by atoms with E-state index in [-0.39, 0.29) is 25.3 Å². The maximum absolute atomic E-state index is 11.3. The van der Waals surface area contributed by atoms with Gasteiger partial charge in [-0.1, -0.05) is 0 Å². The van der Waals surface area contributed by atoms with Gasteiger partial charge in [0, 0.05) is 0 Å². The predicted molar refractivity (Wildman–Crippen MR) is 76.4 cm³/mol. The second-order valence-electron chi connectivity index (χ2n) is 5.46. The van der Waals surface area contributed by atoms with Crippen LogP contribution >= 0.6 is 0 Å². The Balaban J connectivity index is 5.44. The molecular weight excluding hydrogens is 301 g/mol. The van der Waals surface area contributed by atoms with E-state index in [1.54, 1.807) is 0 Å². The van der Waals surface area contributed by atoms with Crippen LogP contribution in [0.1, 0.15) is 20.3 Å². The fourth-order valence-electron chi connectivity index (χ4n) is 2.39. The molecule has 0 saturated heterocycles. The van der Waals surface area contributed by atoms with Crippen LogP contribution < -0.4 is 0 Å². The van der Waals surface area contributed by atoms with E-state index < -0.39 is 47.0 Å². The van der Waals surface area contributed by atoms with Crippen LogP contribution in [0.3, 0.4) is 0 Å². The number of aliphatic hydroxyl groups excluding tert-OH is 4. The zero-order valence-electron chi connectivity index (χ0n) is 12.3. The molecule has 0 saturated carbocycles. The summed E-state index contributed by atoms with van der Waals surface area (Å²) in [6.07, 6.45) is -1.60. The number of β-amino-alcohol motifs (C(OH)–C–C–N with tert-alkyl or cyclic N) is 1. The fourth-order valence-corrected chi connectivity index (χ4v) is 3.06. The third-order valence-electron chi connectivity index (χ3n) is 3.21. The molecule has 0 radical (unpaired) electrons. The number of hydrogen-bond acceptors (Lipinski definition) is 8. The van der Waals surface area contributed by atoms with Crippen LogP contribution in [0.4, 0.5) is 0 Å². The van der Waals surface area contributed by atoms with Gasteiger partial charge in [-0.15, -0.1) is 0 Å². The Morgan fingerprint density at radius 2 is 1.71 bits per heavy atom. The van der Waals surface area contributed by atoms with Crippen molar-refractivity contribution in [3.05, 3.63) is 0 Å². The molecule has 1 atom stereocenters. The topological polar surface area (TPSA) is 135 Å². The molecule has 0 spiro atoms. The van der Waals surface area contributed by atoms with Gasteiger partial charge in [0.05, 0.1) is 0 Å². The van der Waals surface area contributed by atoms with Crippen LogP contribution in [-0.4, -0.2) is 84.1 Å². The monoisotopic (exact) mass is 325 g/mol. The van der Waals surface area contributed by atoms with Gasteiger partial charge < -0.3 is 0 Å². The van der Waals surface area contributed by atoms with Crippen molar-refractivity contribution in [1.29, 1.82) is 0 Å². The van der Waals surface area contributed by atoms with Crippen molar-refractivity contribution < 1.29 is 33.5 Å². The Bertz CT molecular complexity index is 411. The van der Waals surface area contributed by atoms with Crippen LogP contribution in [0.25, 0.3) is 0 Å². The van der Waals surface area contributed by atoms with Crippen LogP contribution in [0, 0.1) is 5.92 Å². The predicted octanol–water partition coefficient (Wildman–Crippen LogP) is -2.25. The Morgan fingerprint density at radius 3 is 2.05 bits per heavy atom. The Labute approximate surface area is 125 Å². The van der Waals surface area contributed by atoms with Gasteiger partial charge in [0.2, 0.25) is 0 Å². The first-order chi connectivity index (χ1) is 9.67. The van der Waals surface area contributed by atoms with Gasteiger partial charge in [0.1, 0.15) is 0 Å². The second-order valence-corrected chi connectivity index (χ2v) is 7.31. The van der Waals surface area contributed by atoms with Gasteiger partial charge in [-0.2, -0.15) is 0 Å². The van der Waals surface area contributed by atoms with E-state index in [1.807, 2.05) is 13.8 Å². The van der Waals surface area contributed by atoms with Gasteiger partial charge in [0.15, 0.2) is 0 Å². The molecule has 0 aliphatic rings. The average Bonchev–Trinajstić information content (AvgIpc) is 2.41. The van der Waals surface area contributed by atoms with Crippen molar-refractivity contribution in [2.45, 2.75) is 32.0 Å². The molecule has 0 aliphatic carbocycles. The minimum atomic E-state index is -4.10. The van der Waals surface area contributed by atoms with E-state index in [2.05, 4.69) is 0 Å². The van der Waals surface area contributed by atoms with Crippen molar-refractivity contribution in [1.82, 2.24) is 4.90 Å². The summed E-state index contributed by atoms with van der Waals surface area (Å²) in [7, 11) is -4.10. The van der Waals surface area contributed by atoms with Gasteiger partial charge >= 0.3 is 125 Å². The molecule has 0 amide bonds. The standard InChI is InChI=1S/C11H24BNO7S/c1-9(2)5-11(7-15,8-16)13(3-4-14)10(17)6-21(19,20)12-18/h9-10,14-17H,3-8H2,1-2H3. The Kier molecular flexibility index (Phi) is 8.75. The molecule has 4 N–H and O–H groups in total. The molecular formula is C11H24BNO7S. The molecule has 0 fully saturated rings. The molecule has 0 aliphatic heterocycles. The molecule has 0 heterocycles. The maximum atomic E-state index is 11.3. The second kappa shape index (κ2) is 8.91. The van der Waals surface area contributed by atoms with E-state index in [9.17, 15) is 28.4 Å². The molecule has 10 heteroatoms. The molecule has 0 rings (SSSR count). The van der Waals surface area contributed by atoms with E-state index in [0.717, 1.165) is 4.90 Å². The Hall–Kier alpha value is -0.385. The molecule has 0 aromatic heterocycles. The van der Waals surface area contributed by atoms with Gasteiger partial charge in [-0.05, 0) is 0 Å². The van der Waals surface area contributed by atoms with Crippen LogP contribution in [0.2, 0.25) is 0 Å². The summed E-state index contributed by atoms with van der Waals surface area (Å²) < 4.78 is 33.0. The van der Waals surface area contributed by atoms with Crippen molar-refractivity contribution >= 4 is 16.1 Å². The van der Waals surface area contributed by atoms with E-state index in [0.29, 0.717) is 0 Å². The van der Waals surface area contributed by atoms with Crippen LogP contribution in [0.5, 0.6) is 0 Å². The Morgan fingerprint density at radius 1 is 1.19 bits per heavy atom. The van der Waals surface area contributed by atoms with E-state index in [1.165, 1.54) is 0 Å². The van der Waals surface area contributed by atoms with Crippen molar-refractivity contribution in [2.75, 3.05) is 32.1 Å². The molecule has 0 aromatic carbocycles. The summed E-state index contributed by atoms with van der Waals surface area (Å²) in [5.74, 6) is -0.823. The first-order valence-corrected chi connectivity index (χ1v) is 8.35. The normalized spacial score (nSPS) is 14.5. The van der Waals surface area contributed by atoms with Crippen molar-refractivity contribution in [3.8, 4) is 0 Å². The third-order valence-corrected chi connectivity index (χ3v) is 4.27. The third kappa shape index (κ3) is 6.09. The summed E-state index contributed by atoms with van der Waals surface area (Å²) in [4.78, 5) is 1.13. The molecule has 124 valence electrons. The number of aliphatic hydroxyl groups is 4. The van der Waals surface area contributed by atoms with Gasteiger partial charge in [0.25, 0.3) is 0 Å². The molecule has 8 nitrogen and oxygen atoms in total. The number of nitrogens with zero attached hydrogens (tertiary/aromatic N) is 1. The van der Waals surface area contributed by atoms with Crippen LogP contribution in [-0.2, 0) is 14.4 Å². The fraction of sp³-hybridized carbons (Fsp3) is 1.00. The molecule has 1 unspecified atom stereocenters. The summed E-state index contributed by atoms with van der Waals surface area (Å²) >= 11 is 0. The zero-order valence-corrected chi connectivity index (χ0v) is 13.2. The SMILES string of the molecule is CC(C)CC(CO)(CO)N(CCO)C(O)CS(=O)(=O)B=O. The van der Waals surface area contributed by atoms with Crippen molar-refractivity contribution in [2.24, 2.45) is 5.92 Å². The number of hydrogen-bond donors (Lipinski definition) is 4. The zero-order chi connectivity index (χ0) is 16.7. The summed E-state index contributed by atoms with van der Waals surface area (Å²) in [5, 5.41) is 38.4. The minimum absolute atomic E-state index is 0.0420. The average molecular weight is 325 g/mol. The first kappa shape index (κ1) is 20.6. The van der Waals surface area contributed by atoms with Gasteiger partial charge in [-0.3, -0.25) is 0 Å². The molecule has 0 bridgehead atoms.